The van der Waals surface area contributed by atoms with Crippen molar-refractivity contribution in [1.29, 1.82) is 0 Å². The van der Waals surface area contributed by atoms with Gasteiger partial charge in [0.1, 0.15) is 5.82 Å². The van der Waals surface area contributed by atoms with E-state index in [0.717, 1.165) is 30.0 Å². The second kappa shape index (κ2) is 11.3. The quantitative estimate of drug-likeness (QED) is 0.420. The molecule has 0 saturated heterocycles. The first-order chi connectivity index (χ1) is 15.8. The van der Waals surface area contributed by atoms with Crippen LogP contribution in [-0.4, -0.2) is 39.5 Å². The average molecular weight is 470 g/mol. The molecule has 0 fully saturated rings. The molecule has 0 bridgehead atoms. The Bertz CT molecular complexity index is 1050. The lowest BCUT2D eigenvalue weighted by Gasteiger charge is -2.23. The van der Waals surface area contributed by atoms with Gasteiger partial charge in [0.2, 0.25) is 5.91 Å². The first-order valence-electron chi connectivity index (χ1n) is 11.3. The van der Waals surface area contributed by atoms with E-state index in [1.807, 2.05) is 25.5 Å². The third kappa shape index (κ3) is 6.13. The van der Waals surface area contributed by atoms with E-state index in [-0.39, 0.29) is 29.4 Å². The molecule has 0 aliphatic carbocycles. The minimum absolute atomic E-state index is 0.101. The molecule has 1 N–H and O–H groups in total. The van der Waals surface area contributed by atoms with Crippen LogP contribution in [0.3, 0.4) is 0 Å². The van der Waals surface area contributed by atoms with Crippen LogP contribution in [-0.2, 0) is 11.8 Å². The summed E-state index contributed by atoms with van der Waals surface area (Å²) >= 11 is 1.35. The molecule has 1 heterocycles. The summed E-state index contributed by atoms with van der Waals surface area (Å²) in [6.45, 7) is 10.3. The van der Waals surface area contributed by atoms with Crippen molar-refractivity contribution in [3.8, 4) is 11.4 Å². The van der Waals surface area contributed by atoms with Gasteiger partial charge in [-0.15, -0.1) is 10.2 Å². The lowest BCUT2D eigenvalue weighted by molar-refractivity contribution is -0.119. The Morgan fingerprint density at radius 1 is 1.06 bits per heavy atom. The van der Waals surface area contributed by atoms with Crippen LogP contribution in [0.5, 0.6) is 0 Å². The van der Waals surface area contributed by atoms with Crippen LogP contribution in [0, 0.1) is 11.7 Å². The van der Waals surface area contributed by atoms with Crippen molar-refractivity contribution in [2.24, 2.45) is 13.0 Å². The SMILES string of the molecule is CCN(CC)c1ccc(-c2nnc(SCC(=O)NC(c3ccc(F)cc3)C(C)C)n2C)cc1. The van der Waals surface area contributed by atoms with Gasteiger partial charge in [0.25, 0.3) is 0 Å². The highest BCUT2D eigenvalue weighted by Crippen LogP contribution is 2.26. The predicted molar refractivity (Wildman–Crippen MR) is 133 cm³/mol. The monoisotopic (exact) mass is 469 g/mol. The molecule has 0 aliphatic rings. The summed E-state index contributed by atoms with van der Waals surface area (Å²) < 4.78 is 15.2. The number of benzene rings is 2. The zero-order valence-electron chi connectivity index (χ0n) is 19.9. The highest BCUT2D eigenvalue weighted by atomic mass is 32.2. The molecular weight excluding hydrogens is 437 g/mol. The summed E-state index contributed by atoms with van der Waals surface area (Å²) in [5, 5.41) is 12.4. The molecule has 1 unspecified atom stereocenters. The highest BCUT2D eigenvalue weighted by molar-refractivity contribution is 7.99. The number of aromatic nitrogens is 3. The molecule has 3 rings (SSSR count). The molecule has 1 aromatic heterocycles. The van der Waals surface area contributed by atoms with Crippen molar-refractivity contribution in [3.05, 3.63) is 59.9 Å². The molecular formula is C25H32FN5OS. The molecule has 0 spiro atoms. The fraction of sp³-hybridized carbons (Fsp3) is 0.400. The van der Waals surface area contributed by atoms with Crippen LogP contribution in [0.2, 0.25) is 0 Å². The Kier molecular flexibility index (Phi) is 8.49. The number of hydrogen-bond donors (Lipinski definition) is 1. The average Bonchev–Trinajstić information content (AvgIpc) is 3.18. The lowest BCUT2D eigenvalue weighted by Crippen LogP contribution is -2.33. The minimum Gasteiger partial charge on any atom is -0.372 e. The van der Waals surface area contributed by atoms with Crippen molar-refractivity contribution < 1.29 is 9.18 Å². The molecule has 2 aromatic carbocycles. The lowest BCUT2D eigenvalue weighted by atomic mass is 9.96. The van der Waals surface area contributed by atoms with Gasteiger partial charge >= 0.3 is 0 Å². The number of halogens is 1. The first-order valence-corrected chi connectivity index (χ1v) is 12.2. The van der Waals surface area contributed by atoms with Gasteiger partial charge < -0.3 is 14.8 Å². The van der Waals surface area contributed by atoms with E-state index in [1.165, 1.54) is 29.6 Å². The largest absolute Gasteiger partial charge is 0.372 e. The van der Waals surface area contributed by atoms with Crippen LogP contribution < -0.4 is 10.2 Å². The van der Waals surface area contributed by atoms with Gasteiger partial charge in [0.05, 0.1) is 11.8 Å². The van der Waals surface area contributed by atoms with E-state index in [1.54, 1.807) is 12.1 Å². The molecule has 3 aromatic rings. The minimum atomic E-state index is -0.288. The van der Waals surface area contributed by atoms with Gasteiger partial charge in [-0.3, -0.25) is 4.79 Å². The molecule has 33 heavy (non-hydrogen) atoms. The topological polar surface area (TPSA) is 63.1 Å². The summed E-state index contributed by atoms with van der Waals surface area (Å²) in [7, 11) is 1.91. The number of thioether (sulfide) groups is 1. The number of nitrogens with zero attached hydrogens (tertiary/aromatic N) is 4. The zero-order chi connectivity index (χ0) is 24.0. The Balaban J connectivity index is 1.64. The Morgan fingerprint density at radius 2 is 1.70 bits per heavy atom. The molecule has 0 aliphatic heterocycles. The second-order valence-electron chi connectivity index (χ2n) is 8.21. The fourth-order valence-corrected chi connectivity index (χ4v) is 4.47. The Morgan fingerprint density at radius 3 is 2.27 bits per heavy atom. The van der Waals surface area contributed by atoms with E-state index < -0.39 is 0 Å². The Labute approximate surface area is 199 Å². The predicted octanol–water partition coefficient (Wildman–Crippen LogP) is 5.07. The van der Waals surface area contributed by atoms with Crippen LogP contribution in [0.1, 0.15) is 39.3 Å². The summed E-state index contributed by atoms with van der Waals surface area (Å²) in [5.74, 6) is 0.762. The van der Waals surface area contributed by atoms with Crippen LogP contribution in [0.15, 0.2) is 53.7 Å². The number of rotatable bonds is 10. The van der Waals surface area contributed by atoms with E-state index in [9.17, 15) is 9.18 Å². The van der Waals surface area contributed by atoms with E-state index in [0.29, 0.717) is 5.16 Å². The highest BCUT2D eigenvalue weighted by Gasteiger charge is 2.20. The van der Waals surface area contributed by atoms with Gasteiger partial charge in [0, 0.05) is 31.4 Å². The maximum atomic E-state index is 13.3. The molecule has 1 amide bonds. The second-order valence-corrected chi connectivity index (χ2v) is 9.16. The molecule has 6 nitrogen and oxygen atoms in total. The van der Waals surface area contributed by atoms with Crippen molar-refractivity contribution in [3.63, 3.8) is 0 Å². The van der Waals surface area contributed by atoms with Crippen LogP contribution in [0.4, 0.5) is 10.1 Å². The van der Waals surface area contributed by atoms with E-state index in [4.69, 9.17) is 0 Å². The molecule has 1 atom stereocenters. The Hall–Kier alpha value is -2.87. The van der Waals surface area contributed by atoms with Crippen molar-refractivity contribution in [1.82, 2.24) is 20.1 Å². The first kappa shape index (κ1) is 24.8. The molecule has 0 radical (unpaired) electrons. The third-order valence-electron chi connectivity index (χ3n) is 5.63. The van der Waals surface area contributed by atoms with Crippen LogP contribution in [0.25, 0.3) is 11.4 Å². The van der Waals surface area contributed by atoms with Gasteiger partial charge in [0.15, 0.2) is 11.0 Å². The van der Waals surface area contributed by atoms with Gasteiger partial charge in [-0.25, -0.2) is 4.39 Å². The summed E-state index contributed by atoms with van der Waals surface area (Å²) in [6, 6.07) is 14.4. The number of carbonyl (C=O) groups excluding carboxylic acids is 1. The van der Waals surface area contributed by atoms with Gasteiger partial charge in [-0.2, -0.15) is 0 Å². The summed E-state index contributed by atoms with van der Waals surface area (Å²) in [5.41, 5.74) is 3.05. The number of nitrogens with one attached hydrogen (secondary N) is 1. The number of anilines is 1. The summed E-state index contributed by atoms with van der Waals surface area (Å²) in [6.07, 6.45) is 0. The fourth-order valence-electron chi connectivity index (χ4n) is 3.75. The molecule has 0 saturated carbocycles. The summed E-state index contributed by atoms with van der Waals surface area (Å²) in [4.78, 5) is 14.9. The maximum Gasteiger partial charge on any atom is 0.230 e. The normalized spacial score (nSPS) is 12.1. The zero-order valence-corrected chi connectivity index (χ0v) is 20.7. The van der Waals surface area contributed by atoms with Gasteiger partial charge in [-0.05, 0) is 61.7 Å². The smallest absolute Gasteiger partial charge is 0.230 e. The standard InChI is InChI=1S/C25H32FN5OS/c1-6-31(7-2)21-14-10-19(11-15-21)24-28-29-25(30(24)5)33-16-22(32)27-23(17(3)4)18-8-12-20(26)13-9-18/h8-15,17,23H,6-7,16H2,1-5H3,(H,27,32). The van der Waals surface area contributed by atoms with E-state index in [2.05, 4.69) is 58.5 Å². The molecule has 176 valence electrons. The van der Waals surface area contributed by atoms with Crippen molar-refractivity contribution in [2.45, 2.75) is 38.9 Å². The van der Waals surface area contributed by atoms with Crippen molar-refractivity contribution in [2.75, 3.05) is 23.7 Å². The third-order valence-corrected chi connectivity index (χ3v) is 6.65. The van der Waals surface area contributed by atoms with Crippen molar-refractivity contribution >= 4 is 23.4 Å². The maximum absolute atomic E-state index is 13.3. The number of amides is 1. The number of carbonyl (C=O) groups is 1. The molecule has 8 heteroatoms. The van der Waals surface area contributed by atoms with Gasteiger partial charge in [-0.1, -0.05) is 37.7 Å². The van der Waals surface area contributed by atoms with E-state index >= 15 is 0 Å². The number of hydrogen-bond acceptors (Lipinski definition) is 5. The van der Waals surface area contributed by atoms with Crippen LogP contribution >= 0.6 is 11.8 Å².